The highest BCUT2D eigenvalue weighted by Gasteiger charge is 2.30. The molecule has 0 saturated carbocycles. The molecule has 0 fully saturated rings. The van der Waals surface area contributed by atoms with Crippen molar-refractivity contribution in [3.63, 3.8) is 0 Å². The quantitative estimate of drug-likeness (QED) is 0.0222. The van der Waals surface area contributed by atoms with Crippen LogP contribution in [-0.4, -0.2) is 96.7 Å². The van der Waals surface area contributed by atoms with Gasteiger partial charge >= 0.3 is 39.5 Å². The summed E-state index contributed by atoms with van der Waals surface area (Å²) in [4.78, 5) is 72.7. The van der Waals surface area contributed by atoms with Gasteiger partial charge in [0.05, 0.1) is 26.4 Å². The highest BCUT2D eigenvalue weighted by molar-refractivity contribution is 7.47. The molecule has 0 aliphatic rings. The summed E-state index contributed by atoms with van der Waals surface area (Å²) in [6, 6.07) is 0. The molecular weight excluding hydrogens is 1270 g/mol. The number of ether oxygens (including phenoxy) is 4. The molecule has 0 radical (unpaired) electrons. The Bertz CT molecular complexity index is 1860. The van der Waals surface area contributed by atoms with Gasteiger partial charge in [-0.1, -0.05) is 362 Å². The van der Waals surface area contributed by atoms with Gasteiger partial charge in [-0.3, -0.25) is 37.3 Å². The first-order valence-electron chi connectivity index (χ1n) is 40.7. The summed E-state index contributed by atoms with van der Waals surface area (Å²) in [6.45, 7) is 7.32. The Hall–Kier alpha value is -1.94. The Morgan fingerprint density at radius 2 is 0.495 bits per heavy atom. The van der Waals surface area contributed by atoms with Gasteiger partial charge in [0.25, 0.3) is 0 Å². The Kier molecular flexibility index (Phi) is 69.6. The van der Waals surface area contributed by atoms with Gasteiger partial charge in [-0.25, -0.2) is 9.13 Å². The molecular formula is C78H152O17P2. The standard InChI is InChI=1S/C78H152O17P2/c1-6-10-13-16-19-21-23-24-25-26-30-33-36-39-43-47-52-57-62-76(81)89-68-74(95-78(83)64-59-54-49-44-40-37-34-31-28-27-29-32-35-38-41-46-50-55-60-71(5)9-4)70-93-97(86,87)91-66-72(79)65-90-96(84,85)92-69-73(67-88-75(80)61-56-51-45-18-15-12-8-3)94-77(82)63-58-53-48-42-22-20-17-14-11-7-2/h71-74,79H,6-70H2,1-5H3,(H,84,85)(H,86,87)/t71?,72-,73+,74+/m0/s1. The number of phosphoric acid groups is 2. The third-order valence-electron chi connectivity index (χ3n) is 18.6. The molecule has 576 valence electrons. The third-order valence-corrected chi connectivity index (χ3v) is 20.5. The van der Waals surface area contributed by atoms with E-state index in [-0.39, 0.29) is 25.7 Å². The van der Waals surface area contributed by atoms with E-state index in [9.17, 15) is 43.2 Å². The molecule has 0 aromatic carbocycles. The van der Waals surface area contributed by atoms with E-state index in [2.05, 4.69) is 34.6 Å². The predicted molar refractivity (Wildman–Crippen MR) is 395 cm³/mol. The normalized spacial score (nSPS) is 14.2. The zero-order valence-corrected chi connectivity index (χ0v) is 65.0. The molecule has 3 N–H and O–H groups in total. The number of unbranched alkanes of at least 4 members (excludes halogenated alkanes) is 49. The zero-order chi connectivity index (χ0) is 71.2. The van der Waals surface area contributed by atoms with E-state index in [0.29, 0.717) is 25.7 Å². The minimum absolute atomic E-state index is 0.106. The van der Waals surface area contributed by atoms with Gasteiger partial charge in [-0.2, -0.15) is 0 Å². The molecule has 19 heteroatoms. The van der Waals surface area contributed by atoms with Crippen molar-refractivity contribution < 1.29 is 80.2 Å². The van der Waals surface area contributed by atoms with E-state index in [1.165, 1.54) is 225 Å². The first kappa shape index (κ1) is 95.1. The molecule has 0 saturated heterocycles. The molecule has 0 spiro atoms. The molecule has 0 aliphatic heterocycles. The van der Waals surface area contributed by atoms with Crippen LogP contribution in [0.25, 0.3) is 0 Å². The Morgan fingerprint density at radius 1 is 0.289 bits per heavy atom. The van der Waals surface area contributed by atoms with Crippen molar-refractivity contribution in [3.05, 3.63) is 0 Å². The topological polar surface area (TPSA) is 237 Å². The number of aliphatic hydroxyl groups excluding tert-OH is 1. The maximum atomic E-state index is 13.1. The van der Waals surface area contributed by atoms with Gasteiger partial charge in [0, 0.05) is 25.7 Å². The maximum Gasteiger partial charge on any atom is 0.472 e. The Labute approximate surface area is 594 Å². The Morgan fingerprint density at radius 3 is 0.732 bits per heavy atom. The summed E-state index contributed by atoms with van der Waals surface area (Å²) < 4.78 is 68.4. The van der Waals surface area contributed by atoms with E-state index in [1.54, 1.807) is 0 Å². The lowest BCUT2D eigenvalue weighted by atomic mass is 9.99. The first-order chi connectivity index (χ1) is 47.1. The molecule has 0 heterocycles. The zero-order valence-electron chi connectivity index (χ0n) is 63.2. The van der Waals surface area contributed by atoms with Gasteiger partial charge in [0.2, 0.25) is 0 Å². The van der Waals surface area contributed by atoms with Crippen molar-refractivity contribution >= 4 is 39.5 Å². The van der Waals surface area contributed by atoms with E-state index < -0.39 is 97.5 Å². The van der Waals surface area contributed by atoms with Gasteiger partial charge in [-0.05, 0) is 31.6 Å². The second kappa shape index (κ2) is 71.1. The molecule has 0 aromatic rings. The molecule has 17 nitrogen and oxygen atoms in total. The highest BCUT2D eigenvalue weighted by atomic mass is 31.2. The molecule has 0 amide bonds. The number of hydrogen-bond acceptors (Lipinski definition) is 15. The van der Waals surface area contributed by atoms with Crippen molar-refractivity contribution in [3.8, 4) is 0 Å². The predicted octanol–water partition coefficient (Wildman–Crippen LogP) is 23.3. The van der Waals surface area contributed by atoms with Crippen molar-refractivity contribution in [2.45, 2.75) is 432 Å². The Balaban J connectivity index is 5.14. The fourth-order valence-corrected chi connectivity index (χ4v) is 13.6. The molecule has 6 atom stereocenters. The number of carbonyl (C=O) groups is 4. The summed E-state index contributed by atoms with van der Waals surface area (Å²) in [5.41, 5.74) is 0. The van der Waals surface area contributed by atoms with Crippen LogP contribution in [0.15, 0.2) is 0 Å². The van der Waals surface area contributed by atoms with Crippen LogP contribution in [0.3, 0.4) is 0 Å². The lowest BCUT2D eigenvalue weighted by Crippen LogP contribution is -2.30. The van der Waals surface area contributed by atoms with Crippen LogP contribution in [0.2, 0.25) is 0 Å². The first-order valence-corrected chi connectivity index (χ1v) is 43.7. The van der Waals surface area contributed by atoms with E-state index in [4.69, 9.17) is 37.0 Å². The minimum Gasteiger partial charge on any atom is -0.462 e. The minimum atomic E-state index is -4.96. The number of carbonyl (C=O) groups excluding carboxylic acids is 4. The van der Waals surface area contributed by atoms with Gasteiger partial charge in [0.1, 0.15) is 19.3 Å². The van der Waals surface area contributed by atoms with Crippen LogP contribution < -0.4 is 0 Å². The third kappa shape index (κ3) is 70.9. The molecule has 97 heavy (non-hydrogen) atoms. The number of hydrogen-bond donors (Lipinski definition) is 3. The van der Waals surface area contributed by atoms with Crippen LogP contribution in [0.4, 0.5) is 0 Å². The van der Waals surface area contributed by atoms with Crippen LogP contribution in [0.1, 0.15) is 413 Å². The van der Waals surface area contributed by atoms with Crippen molar-refractivity contribution in [1.82, 2.24) is 0 Å². The smallest absolute Gasteiger partial charge is 0.462 e. The number of aliphatic hydroxyl groups is 1. The van der Waals surface area contributed by atoms with Gasteiger partial charge < -0.3 is 33.8 Å². The number of rotatable bonds is 78. The molecule has 0 aliphatic carbocycles. The highest BCUT2D eigenvalue weighted by Crippen LogP contribution is 2.45. The van der Waals surface area contributed by atoms with Crippen molar-refractivity contribution in [2.75, 3.05) is 39.6 Å². The van der Waals surface area contributed by atoms with E-state index in [0.717, 1.165) is 109 Å². The summed E-state index contributed by atoms with van der Waals surface area (Å²) in [5, 5.41) is 10.6. The SMILES string of the molecule is CCCCCCCCCCCCCCCCCCCCC(=O)OC[C@H](COP(=O)(O)OC[C@@H](O)COP(=O)(O)OC[C@@H](COC(=O)CCCCCCCCC)OC(=O)CCCCCCCCCCCC)OC(=O)CCCCCCCCCCCCCCCCCCCCC(C)CC. The second-order valence-electron chi connectivity index (χ2n) is 28.3. The summed E-state index contributed by atoms with van der Waals surface area (Å²) in [7, 11) is -9.90. The van der Waals surface area contributed by atoms with Gasteiger partial charge in [-0.15, -0.1) is 0 Å². The molecule has 3 unspecified atom stereocenters. The average Bonchev–Trinajstić information content (AvgIpc) is 1.22. The lowest BCUT2D eigenvalue weighted by molar-refractivity contribution is -0.161. The summed E-state index contributed by atoms with van der Waals surface area (Å²) in [5.74, 6) is -1.25. The maximum absolute atomic E-state index is 13.1. The fraction of sp³-hybridized carbons (Fsp3) is 0.949. The van der Waals surface area contributed by atoms with Crippen molar-refractivity contribution in [1.29, 1.82) is 0 Å². The van der Waals surface area contributed by atoms with Crippen LogP contribution in [0, 0.1) is 5.92 Å². The van der Waals surface area contributed by atoms with Crippen LogP contribution >= 0.6 is 15.6 Å². The number of esters is 4. The second-order valence-corrected chi connectivity index (χ2v) is 31.3. The van der Waals surface area contributed by atoms with Crippen LogP contribution in [-0.2, 0) is 65.4 Å². The molecule has 0 aromatic heterocycles. The largest absolute Gasteiger partial charge is 0.472 e. The van der Waals surface area contributed by atoms with Crippen LogP contribution in [0.5, 0.6) is 0 Å². The summed E-state index contributed by atoms with van der Waals surface area (Å²) in [6.07, 6.45) is 61.3. The van der Waals surface area contributed by atoms with Gasteiger partial charge in [0.15, 0.2) is 12.2 Å². The monoisotopic (exact) mass is 1420 g/mol. The fourth-order valence-electron chi connectivity index (χ4n) is 12.0. The lowest BCUT2D eigenvalue weighted by Gasteiger charge is -2.21. The molecule has 0 rings (SSSR count). The number of phosphoric ester groups is 2. The summed E-state index contributed by atoms with van der Waals surface area (Å²) >= 11 is 0. The molecule has 0 bridgehead atoms. The van der Waals surface area contributed by atoms with Crippen molar-refractivity contribution in [2.24, 2.45) is 5.92 Å². The van der Waals surface area contributed by atoms with E-state index in [1.807, 2.05) is 0 Å². The average molecular weight is 1420 g/mol. The van der Waals surface area contributed by atoms with E-state index >= 15 is 0 Å².